The van der Waals surface area contributed by atoms with Gasteiger partial charge in [0.2, 0.25) is 0 Å². The van der Waals surface area contributed by atoms with Gasteiger partial charge in [-0.2, -0.15) is 0 Å². The van der Waals surface area contributed by atoms with Crippen LogP contribution in [-0.2, 0) is 0 Å². The van der Waals surface area contributed by atoms with Gasteiger partial charge in [0.1, 0.15) is 0 Å². The maximum absolute atomic E-state index is 2.87. The first kappa shape index (κ1) is 17.3. The molecule has 0 radical (unpaired) electrons. The molecule has 0 N–H and O–H groups in total. The summed E-state index contributed by atoms with van der Waals surface area (Å²) in [6, 6.07) is 1.86. The van der Waals surface area contributed by atoms with Gasteiger partial charge in [-0.05, 0) is 94.8 Å². The van der Waals surface area contributed by atoms with Crippen LogP contribution in [0.2, 0.25) is 0 Å². The van der Waals surface area contributed by atoms with Gasteiger partial charge in [-0.15, -0.1) is 0 Å². The van der Waals surface area contributed by atoms with Crippen molar-refractivity contribution < 1.29 is 0 Å². The van der Waals surface area contributed by atoms with Crippen LogP contribution < -0.4 is 0 Å². The summed E-state index contributed by atoms with van der Waals surface area (Å²) in [7, 11) is 0. The molecule has 2 aliphatic carbocycles. The van der Waals surface area contributed by atoms with Crippen molar-refractivity contribution in [3.8, 4) is 0 Å². The lowest BCUT2D eigenvalue weighted by atomic mass is 9.58. The minimum absolute atomic E-state index is 0.804. The first-order valence-electron chi connectivity index (χ1n) is 11.1. The third kappa shape index (κ3) is 3.56. The summed E-state index contributed by atoms with van der Waals surface area (Å²) in [6.45, 7) is 10.3. The maximum Gasteiger partial charge on any atom is 0.0120 e. The van der Waals surface area contributed by atoms with Crippen LogP contribution in [-0.4, -0.2) is 48.1 Å². The van der Waals surface area contributed by atoms with Crippen LogP contribution in [0.25, 0.3) is 0 Å². The summed E-state index contributed by atoms with van der Waals surface area (Å²) >= 11 is 0. The summed E-state index contributed by atoms with van der Waals surface area (Å²) in [5.41, 5.74) is 0.804. The van der Waals surface area contributed by atoms with E-state index in [9.17, 15) is 0 Å². The third-order valence-corrected chi connectivity index (χ3v) is 8.30. The number of hydrogen-bond acceptors (Lipinski definition) is 2. The van der Waals surface area contributed by atoms with Crippen molar-refractivity contribution in [2.75, 3.05) is 26.2 Å². The topological polar surface area (TPSA) is 6.48 Å². The van der Waals surface area contributed by atoms with Crippen LogP contribution in [0.4, 0.5) is 0 Å². The Morgan fingerprint density at radius 3 is 1.83 bits per heavy atom. The molecule has 24 heavy (non-hydrogen) atoms. The number of rotatable bonds is 3. The lowest BCUT2D eigenvalue weighted by molar-refractivity contribution is -0.0431. The number of hydrogen-bond donors (Lipinski definition) is 0. The molecule has 0 aromatic carbocycles. The van der Waals surface area contributed by atoms with E-state index in [0.717, 1.165) is 29.3 Å². The van der Waals surface area contributed by atoms with E-state index in [0.29, 0.717) is 0 Å². The summed E-state index contributed by atoms with van der Waals surface area (Å²) in [6.07, 6.45) is 16.5. The van der Waals surface area contributed by atoms with Crippen LogP contribution >= 0.6 is 0 Å². The molecule has 2 aliphatic heterocycles. The number of nitrogens with zero attached hydrogens (tertiary/aromatic N) is 2. The zero-order chi connectivity index (χ0) is 16.6. The van der Waals surface area contributed by atoms with Gasteiger partial charge in [-0.25, -0.2) is 0 Å². The second-order valence-electron chi connectivity index (χ2n) is 10.0. The Balaban J connectivity index is 1.19. The van der Waals surface area contributed by atoms with Gasteiger partial charge in [0.15, 0.2) is 0 Å². The molecule has 0 aromatic rings. The molecule has 0 atom stereocenters. The Hall–Kier alpha value is -0.0800. The van der Waals surface area contributed by atoms with Gasteiger partial charge >= 0.3 is 0 Å². The molecular weight excluding hydrogens is 292 g/mol. The zero-order valence-corrected chi connectivity index (χ0v) is 16.3. The Labute approximate surface area is 150 Å². The molecule has 2 nitrogen and oxygen atoms in total. The molecule has 0 unspecified atom stereocenters. The lowest BCUT2D eigenvalue weighted by Gasteiger charge is -2.55. The maximum atomic E-state index is 2.87. The van der Waals surface area contributed by atoms with Gasteiger partial charge in [-0.3, -0.25) is 0 Å². The molecule has 2 heterocycles. The molecular formula is C22H40N2. The van der Waals surface area contributed by atoms with E-state index < -0.39 is 0 Å². The van der Waals surface area contributed by atoms with Crippen LogP contribution in [0.15, 0.2) is 0 Å². The fourth-order valence-corrected chi connectivity index (χ4v) is 6.48. The van der Waals surface area contributed by atoms with E-state index in [2.05, 4.69) is 23.6 Å². The van der Waals surface area contributed by atoms with E-state index in [4.69, 9.17) is 0 Å². The zero-order valence-electron chi connectivity index (χ0n) is 16.3. The molecule has 4 aliphatic rings. The Bertz CT molecular complexity index is 388. The van der Waals surface area contributed by atoms with Gasteiger partial charge in [-0.1, -0.05) is 33.1 Å². The molecule has 4 rings (SSSR count). The lowest BCUT2D eigenvalue weighted by Crippen LogP contribution is -2.56. The second-order valence-corrected chi connectivity index (χ2v) is 10.0. The molecule has 4 fully saturated rings. The normalized spacial score (nSPS) is 31.6. The molecule has 0 bridgehead atoms. The first-order valence-corrected chi connectivity index (χ1v) is 11.1. The minimum Gasteiger partial charge on any atom is -0.300 e. The molecule has 0 aromatic heterocycles. The van der Waals surface area contributed by atoms with Crippen LogP contribution in [0.1, 0.15) is 84.5 Å². The Morgan fingerprint density at radius 2 is 1.25 bits per heavy atom. The smallest absolute Gasteiger partial charge is 0.0120 e. The van der Waals surface area contributed by atoms with E-state index >= 15 is 0 Å². The number of likely N-dealkylation sites (tertiary alicyclic amines) is 2. The summed E-state index contributed by atoms with van der Waals surface area (Å²) < 4.78 is 0. The van der Waals surface area contributed by atoms with Gasteiger partial charge in [0, 0.05) is 12.1 Å². The van der Waals surface area contributed by atoms with Crippen LogP contribution in [0, 0.1) is 17.3 Å². The third-order valence-electron chi connectivity index (χ3n) is 8.30. The van der Waals surface area contributed by atoms with Crippen molar-refractivity contribution in [3.63, 3.8) is 0 Å². The van der Waals surface area contributed by atoms with Crippen molar-refractivity contribution in [2.24, 2.45) is 17.3 Å². The first-order chi connectivity index (χ1) is 11.7. The largest absolute Gasteiger partial charge is 0.300 e. The van der Waals surface area contributed by atoms with E-state index in [1.54, 1.807) is 12.8 Å². The quantitative estimate of drug-likeness (QED) is 0.723. The monoisotopic (exact) mass is 332 g/mol. The van der Waals surface area contributed by atoms with Crippen molar-refractivity contribution in [1.82, 2.24) is 9.80 Å². The average Bonchev–Trinajstić information content (AvgIpc) is 2.60. The highest BCUT2D eigenvalue weighted by Gasteiger charge is 2.47. The highest BCUT2D eigenvalue weighted by atomic mass is 15.2. The van der Waals surface area contributed by atoms with Gasteiger partial charge < -0.3 is 9.80 Å². The SMILES string of the molecule is CC(C)C1CCN(C2CCN(C3CC4(CCCCC4)C3)CC2)CC1. The Morgan fingerprint density at radius 1 is 0.708 bits per heavy atom. The van der Waals surface area contributed by atoms with Crippen LogP contribution in [0.5, 0.6) is 0 Å². The van der Waals surface area contributed by atoms with Crippen LogP contribution in [0.3, 0.4) is 0 Å². The molecule has 0 amide bonds. The highest BCUT2D eigenvalue weighted by molar-refractivity contribution is 5.01. The van der Waals surface area contributed by atoms with Crippen molar-refractivity contribution in [3.05, 3.63) is 0 Å². The van der Waals surface area contributed by atoms with Gasteiger partial charge in [0.05, 0.1) is 0 Å². The molecule has 1 spiro atoms. The molecule has 2 heteroatoms. The highest BCUT2D eigenvalue weighted by Crippen LogP contribution is 2.53. The van der Waals surface area contributed by atoms with Crippen molar-refractivity contribution >= 4 is 0 Å². The molecule has 2 saturated heterocycles. The van der Waals surface area contributed by atoms with E-state index in [1.807, 2.05) is 0 Å². The fourth-order valence-electron chi connectivity index (χ4n) is 6.48. The van der Waals surface area contributed by atoms with E-state index in [-0.39, 0.29) is 0 Å². The fraction of sp³-hybridized carbons (Fsp3) is 1.00. The molecule has 138 valence electrons. The number of piperidine rings is 2. The summed E-state index contributed by atoms with van der Waals surface area (Å²) in [5, 5.41) is 0. The predicted molar refractivity (Wildman–Crippen MR) is 102 cm³/mol. The van der Waals surface area contributed by atoms with Crippen molar-refractivity contribution in [1.29, 1.82) is 0 Å². The second kappa shape index (κ2) is 7.27. The summed E-state index contributed by atoms with van der Waals surface area (Å²) in [4.78, 5) is 5.72. The van der Waals surface area contributed by atoms with Crippen molar-refractivity contribution in [2.45, 2.75) is 96.6 Å². The predicted octanol–water partition coefficient (Wildman–Crippen LogP) is 4.93. The Kier molecular flexibility index (Phi) is 5.25. The minimum atomic E-state index is 0.804. The standard InChI is InChI=1S/C22H40N2/c1-18(2)19-6-12-23(13-7-19)20-8-14-24(15-9-20)21-16-22(17-21)10-4-3-5-11-22/h18-21H,3-17H2,1-2H3. The average molecular weight is 333 g/mol. The summed E-state index contributed by atoms with van der Waals surface area (Å²) in [5.74, 6) is 1.88. The van der Waals surface area contributed by atoms with Gasteiger partial charge in [0.25, 0.3) is 0 Å². The molecule has 2 saturated carbocycles. The van der Waals surface area contributed by atoms with E-state index in [1.165, 1.54) is 84.0 Å².